The van der Waals surface area contributed by atoms with E-state index in [1.807, 2.05) is 0 Å². The lowest BCUT2D eigenvalue weighted by Gasteiger charge is -2.24. The molecule has 0 spiro atoms. The third kappa shape index (κ3) is 4.28. The van der Waals surface area contributed by atoms with Crippen molar-refractivity contribution in [3.05, 3.63) is 29.8 Å². The second-order valence-electron chi connectivity index (χ2n) is 6.11. The zero-order valence-electron chi connectivity index (χ0n) is 12.9. The van der Waals surface area contributed by atoms with Gasteiger partial charge in [0.15, 0.2) is 9.84 Å². The first-order valence-corrected chi connectivity index (χ1v) is 9.30. The first kappa shape index (κ1) is 18.8. The summed E-state index contributed by atoms with van der Waals surface area (Å²) in [6.45, 7) is 0. The van der Waals surface area contributed by atoms with Gasteiger partial charge in [-0.1, -0.05) is 25.3 Å². The third-order valence-electron chi connectivity index (χ3n) is 4.41. The smallest absolute Gasteiger partial charge is 0.416 e. The van der Waals surface area contributed by atoms with Crippen molar-refractivity contribution in [2.75, 3.05) is 0 Å². The van der Waals surface area contributed by atoms with E-state index in [1.165, 1.54) is 0 Å². The minimum atomic E-state index is -4.63. The van der Waals surface area contributed by atoms with Crippen LogP contribution in [0.5, 0.6) is 0 Å². The SMILES string of the molecule is O=C(O)CC1CCCCCC1S(=O)(=O)c1cccc(C(F)(F)F)c1. The molecule has 2 unspecified atom stereocenters. The normalized spacial score (nSPS) is 22.8. The van der Waals surface area contributed by atoms with Crippen LogP contribution in [0.4, 0.5) is 13.2 Å². The standard InChI is InChI=1S/C16H19F3O4S/c17-16(18,19)12-6-4-7-13(10-12)24(22,23)14-8-3-1-2-5-11(14)9-15(20)21/h4,6-7,10-11,14H,1-3,5,8-9H2,(H,20,21). The van der Waals surface area contributed by atoms with Crippen LogP contribution in [0.15, 0.2) is 29.2 Å². The quantitative estimate of drug-likeness (QED) is 0.823. The molecule has 8 heteroatoms. The maximum absolute atomic E-state index is 12.9. The first-order valence-electron chi connectivity index (χ1n) is 7.75. The summed E-state index contributed by atoms with van der Waals surface area (Å²) in [6.07, 6.45) is -2.04. The summed E-state index contributed by atoms with van der Waals surface area (Å²) < 4.78 is 64.2. The van der Waals surface area contributed by atoms with Crippen LogP contribution in [0, 0.1) is 5.92 Å². The predicted molar refractivity (Wildman–Crippen MR) is 81.2 cm³/mol. The van der Waals surface area contributed by atoms with Crippen molar-refractivity contribution >= 4 is 15.8 Å². The third-order valence-corrected chi connectivity index (χ3v) is 6.74. The second-order valence-corrected chi connectivity index (χ2v) is 8.27. The molecular formula is C16H19F3O4S. The molecule has 0 radical (unpaired) electrons. The number of halogens is 3. The number of hydrogen-bond acceptors (Lipinski definition) is 3. The average Bonchev–Trinajstić information content (AvgIpc) is 2.72. The molecule has 1 aliphatic carbocycles. The van der Waals surface area contributed by atoms with Crippen molar-refractivity contribution in [3.8, 4) is 0 Å². The molecule has 0 bridgehead atoms. The molecule has 134 valence electrons. The number of carboxylic acids is 1. The Labute approximate surface area is 138 Å². The minimum Gasteiger partial charge on any atom is -0.481 e. The molecule has 24 heavy (non-hydrogen) atoms. The van der Waals surface area contributed by atoms with Crippen molar-refractivity contribution in [1.82, 2.24) is 0 Å². The maximum atomic E-state index is 12.9. The molecule has 1 aromatic carbocycles. The van der Waals surface area contributed by atoms with Crippen molar-refractivity contribution < 1.29 is 31.5 Å². The van der Waals surface area contributed by atoms with Gasteiger partial charge in [-0.3, -0.25) is 4.79 Å². The van der Waals surface area contributed by atoms with Gasteiger partial charge in [0.25, 0.3) is 0 Å². The largest absolute Gasteiger partial charge is 0.481 e. The highest BCUT2D eigenvalue weighted by Gasteiger charge is 2.38. The molecule has 1 N–H and O–H groups in total. The van der Waals surface area contributed by atoms with E-state index >= 15 is 0 Å². The van der Waals surface area contributed by atoms with E-state index in [1.54, 1.807) is 0 Å². The minimum absolute atomic E-state index is 0.274. The molecule has 0 amide bonds. The van der Waals surface area contributed by atoms with E-state index < -0.39 is 38.7 Å². The summed E-state index contributed by atoms with van der Waals surface area (Å²) in [5.74, 6) is -1.67. The number of rotatable bonds is 4. The predicted octanol–water partition coefficient (Wildman–Crippen LogP) is 3.90. The van der Waals surface area contributed by atoms with Gasteiger partial charge in [0, 0.05) is 6.42 Å². The van der Waals surface area contributed by atoms with Gasteiger partial charge in [-0.15, -0.1) is 0 Å². The van der Waals surface area contributed by atoms with Crippen LogP contribution < -0.4 is 0 Å². The molecule has 0 aliphatic heterocycles. The van der Waals surface area contributed by atoms with Crippen LogP contribution >= 0.6 is 0 Å². The van der Waals surface area contributed by atoms with Crippen molar-refractivity contribution in [2.45, 2.75) is 54.8 Å². The van der Waals surface area contributed by atoms with Crippen molar-refractivity contribution in [1.29, 1.82) is 0 Å². The summed E-state index contributed by atoms with van der Waals surface area (Å²) >= 11 is 0. The fourth-order valence-electron chi connectivity index (χ4n) is 3.24. The number of sulfone groups is 1. The van der Waals surface area contributed by atoms with Crippen molar-refractivity contribution in [3.63, 3.8) is 0 Å². The van der Waals surface area contributed by atoms with Crippen LogP contribution in [0.2, 0.25) is 0 Å². The lowest BCUT2D eigenvalue weighted by Crippen LogP contribution is -2.31. The molecule has 0 heterocycles. The van der Waals surface area contributed by atoms with E-state index in [2.05, 4.69) is 0 Å². The van der Waals surface area contributed by atoms with Crippen LogP contribution in [0.1, 0.15) is 44.1 Å². The second kappa shape index (κ2) is 7.13. The molecular weight excluding hydrogens is 345 g/mol. The zero-order valence-corrected chi connectivity index (χ0v) is 13.7. The van der Waals surface area contributed by atoms with Crippen LogP contribution in [0.25, 0.3) is 0 Å². The Balaban J connectivity index is 2.41. The average molecular weight is 364 g/mol. The summed E-state index contributed by atoms with van der Waals surface area (Å²) in [6, 6.07) is 3.67. The van der Waals surface area contributed by atoms with E-state index in [4.69, 9.17) is 5.11 Å². The van der Waals surface area contributed by atoms with Gasteiger partial charge in [-0.05, 0) is 37.0 Å². The molecule has 2 atom stereocenters. The van der Waals surface area contributed by atoms with Crippen LogP contribution in [-0.4, -0.2) is 24.7 Å². The van der Waals surface area contributed by atoms with Crippen molar-refractivity contribution in [2.24, 2.45) is 5.92 Å². The summed E-state index contributed by atoms with van der Waals surface area (Å²) in [7, 11) is -4.03. The van der Waals surface area contributed by atoms with Crippen LogP contribution in [-0.2, 0) is 20.8 Å². The molecule has 1 fully saturated rings. The molecule has 2 rings (SSSR count). The lowest BCUT2D eigenvalue weighted by molar-refractivity contribution is -0.138. The summed E-state index contributed by atoms with van der Waals surface area (Å²) in [4.78, 5) is 10.6. The van der Waals surface area contributed by atoms with Gasteiger partial charge in [0.2, 0.25) is 0 Å². The highest BCUT2D eigenvalue weighted by atomic mass is 32.2. The van der Waals surface area contributed by atoms with E-state index in [-0.39, 0.29) is 17.7 Å². The van der Waals surface area contributed by atoms with Gasteiger partial charge in [-0.2, -0.15) is 13.2 Å². The lowest BCUT2D eigenvalue weighted by atomic mass is 9.96. The van der Waals surface area contributed by atoms with E-state index in [0.717, 1.165) is 31.0 Å². The number of carbonyl (C=O) groups is 1. The van der Waals surface area contributed by atoms with Gasteiger partial charge in [0.05, 0.1) is 15.7 Å². The zero-order chi connectivity index (χ0) is 18.0. The fourth-order valence-corrected chi connectivity index (χ4v) is 5.37. The number of aliphatic carboxylic acids is 1. The monoisotopic (exact) mass is 364 g/mol. The highest BCUT2D eigenvalue weighted by molar-refractivity contribution is 7.92. The van der Waals surface area contributed by atoms with Gasteiger partial charge in [-0.25, -0.2) is 8.42 Å². The van der Waals surface area contributed by atoms with Gasteiger partial charge < -0.3 is 5.11 Å². The Hall–Kier alpha value is -1.57. The van der Waals surface area contributed by atoms with Crippen LogP contribution in [0.3, 0.4) is 0 Å². The molecule has 4 nitrogen and oxygen atoms in total. The van der Waals surface area contributed by atoms with Gasteiger partial charge in [0.1, 0.15) is 0 Å². The molecule has 1 aliphatic rings. The Morgan fingerprint density at radius 1 is 1.17 bits per heavy atom. The van der Waals surface area contributed by atoms with E-state index in [0.29, 0.717) is 18.9 Å². The van der Waals surface area contributed by atoms with E-state index in [9.17, 15) is 26.4 Å². The maximum Gasteiger partial charge on any atom is 0.416 e. The molecule has 0 saturated heterocycles. The summed E-state index contributed by atoms with van der Waals surface area (Å²) in [5, 5.41) is 8.06. The molecule has 0 aromatic heterocycles. The topological polar surface area (TPSA) is 71.4 Å². The Morgan fingerprint density at radius 3 is 2.46 bits per heavy atom. The molecule has 1 aromatic rings. The Morgan fingerprint density at radius 2 is 1.83 bits per heavy atom. The Bertz CT molecular complexity index is 698. The number of hydrogen-bond donors (Lipinski definition) is 1. The van der Waals surface area contributed by atoms with Gasteiger partial charge >= 0.3 is 12.1 Å². The highest BCUT2D eigenvalue weighted by Crippen LogP contribution is 2.36. The Kier molecular flexibility index (Phi) is 5.57. The molecule has 1 saturated carbocycles. The fraction of sp³-hybridized carbons (Fsp3) is 0.562. The number of carboxylic acid groups (broad SMARTS) is 1. The number of benzene rings is 1. The first-order chi connectivity index (χ1) is 11.1. The summed E-state index contributed by atoms with van der Waals surface area (Å²) in [5.41, 5.74) is -1.02. The number of alkyl halides is 3.